The zero-order valence-electron chi connectivity index (χ0n) is 14.3. The van der Waals surface area contributed by atoms with Gasteiger partial charge in [-0.15, -0.1) is 0 Å². The maximum absolute atomic E-state index is 12.7. The molecule has 130 valence electrons. The van der Waals surface area contributed by atoms with Gasteiger partial charge in [-0.25, -0.2) is 9.48 Å². The number of para-hydroxylation sites is 1. The van der Waals surface area contributed by atoms with Gasteiger partial charge < -0.3 is 9.73 Å². The Kier molecular flexibility index (Phi) is 3.71. The van der Waals surface area contributed by atoms with Crippen molar-refractivity contribution < 1.29 is 9.21 Å². The fourth-order valence-electron chi connectivity index (χ4n) is 3.48. The second kappa shape index (κ2) is 5.91. The molecule has 0 saturated heterocycles. The molecule has 25 heavy (non-hydrogen) atoms. The molecule has 0 bridgehead atoms. The number of hydrogen-bond acceptors (Lipinski definition) is 4. The highest BCUT2D eigenvalue weighted by Crippen LogP contribution is 2.23. The Bertz CT molecular complexity index is 1010. The molecule has 2 aromatic heterocycles. The highest BCUT2D eigenvalue weighted by atomic mass is 16.3. The molecule has 0 aliphatic carbocycles. The summed E-state index contributed by atoms with van der Waals surface area (Å²) in [6, 6.07) is 7.50. The van der Waals surface area contributed by atoms with Gasteiger partial charge in [-0.2, -0.15) is 5.10 Å². The summed E-state index contributed by atoms with van der Waals surface area (Å²) in [4.78, 5) is 24.8. The Balaban J connectivity index is 1.52. The third-order valence-corrected chi connectivity index (χ3v) is 4.75. The fraction of sp³-hybridized carbons (Fsp3) is 0.389. The van der Waals surface area contributed by atoms with Crippen LogP contribution in [0.3, 0.4) is 0 Å². The Morgan fingerprint density at radius 2 is 2.20 bits per heavy atom. The number of nitrogens with one attached hydrogen (secondary N) is 1. The molecule has 0 radical (unpaired) electrons. The second-order valence-electron chi connectivity index (χ2n) is 6.55. The number of rotatable bonds is 2. The van der Waals surface area contributed by atoms with Gasteiger partial charge in [-0.1, -0.05) is 12.1 Å². The number of carbonyl (C=O) groups is 1. The van der Waals surface area contributed by atoms with Gasteiger partial charge in [-0.3, -0.25) is 9.36 Å². The van der Waals surface area contributed by atoms with E-state index in [2.05, 4.69) is 10.4 Å². The lowest BCUT2D eigenvalue weighted by atomic mass is 10.1. The minimum absolute atomic E-state index is 0.00483. The van der Waals surface area contributed by atoms with E-state index < -0.39 is 0 Å². The Labute approximate surface area is 144 Å². The number of aromatic nitrogens is 3. The summed E-state index contributed by atoms with van der Waals surface area (Å²) in [7, 11) is 1.66. The van der Waals surface area contributed by atoms with Gasteiger partial charge in [0.1, 0.15) is 17.2 Å². The third-order valence-electron chi connectivity index (χ3n) is 4.75. The standard InChI is InChI=1S/C18H20N4O3/c1-11-10-12-4-3-5-14(16(12)25-11)17(23)19-13-6-7-15-20-21(2)18(24)22(15)9-8-13/h3-5,10,13H,6-9H2,1-2H3,(H,19,23). The second-order valence-corrected chi connectivity index (χ2v) is 6.55. The van der Waals surface area contributed by atoms with Crippen LogP contribution in [0.15, 0.2) is 33.5 Å². The van der Waals surface area contributed by atoms with E-state index >= 15 is 0 Å². The maximum atomic E-state index is 12.7. The van der Waals surface area contributed by atoms with E-state index in [1.165, 1.54) is 4.68 Å². The number of nitrogens with zero attached hydrogens (tertiary/aromatic N) is 3. The van der Waals surface area contributed by atoms with Crippen LogP contribution in [0, 0.1) is 6.92 Å². The first kappa shape index (κ1) is 15.7. The van der Waals surface area contributed by atoms with Crippen molar-refractivity contribution in [2.24, 2.45) is 7.05 Å². The molecule has 1 aliphatic heterocycles. The Morgan fingerprint density at radius 3 is 3.04 bits per heavy atom. The predicted molar refractivity (Wildman–Crippen MR) is 92.6 cm³/mol. The van der Waals surface area contributed by atoms with Crippen molar-refractivity contribution in [2.75, 3.05) is 0 Å². The average molecular weight is 340 g/mol. The van der Waals surface area contributed by atoms with Gasteiger partial charge in [0.15, 0.2) is 0 Å². The lowest BCUT2D eigenvalue weighted by Gasteiger charge is -2.16. The highest BCUT2D eigenvalue weighted by molar-refractivity contribution is 6.05. The van der Waals surface area contributed by atoms with Crippen LogP contribution in [0.1, 0.15) is 34.8 Å². The van der Waals surface area contributed by atoms with Gasteiger partial charge in [-0.05, 0) is 31.9 Å². The molecule has 3 heterocycles. The van der Waals surface area contributed by atoms with Gasteiger partial charge in [0, 0.05) is 31.4 Å². The summed E-state index contributed by atoms with van der Waals surface area (Å²) in [6.07, 6.45) is 2.14. The largest absolute Gasteiger partial charge is 0.461 e. The van der Waals surface area contributed by atoms with E-state index in [1.54, 1.807) is 17.7 Å². The predicted octanol–water partition coefficient (Wildman–Crippen LogP) is 1.77. The molecule has 1 atom stereocenters. The first-order valence-electron chi connectivity index (χ1n) is 8.45. The number of amides is 1. The highest BCUT2D eigenvalue weighted by Gasteiger charge is 2.23. The van der Waals surface area contributed by atoms with E-state index in [0.29, 0.717) is 30.5 Å². The minimum atomic E-state index is -0.141. The van der Waals surface area contributed by atoms with Crippen LogP contribution >= 0.6 is 0 Å². The van der Waals surface area contributed by atoms with Crippen LogP contribution in [0.25, 0.3) is 11.0 Å². The Hall–Kier alpha value is -2.83. The monoisotopic (exact) mass is 340 g/mol. The van der Waals surface area contributed by atoms with Crippen molar-refractivity contribution in [3.63, 3.8) is 0 Å². The molecule has 0 saturated carbocycles. The van der Waals surface area contributed by atoms with E-state index in [0.717, 1.165) is 23.4 Å². The zero-order valence-corrected chi connectivity index (χ0v) is 14.3. The minimum Gasteiger partial charge on any atom is -0.461 e. The van der Waals surface area contributed by atoms with E-state index in [4.69, 9.17) is 4.42 Å². The van der Waals surface area contributed by atoms with Crippen LogP contribution < -0.4 is 11.0 Å². The normalized spacial score (nSPS) is 17.3. The number of aryl methyl sites for hydroxylation is 3. The Morgan fingerprint density at radius 1 is 1.36 bits per heavy atom. The summed E-state index contributed by atoms with van der Waals surface area (Å²) in [5.41, 5.74) is 1.06. The molecule has 1 aliphatic rings. The van der Waals surface area contributed by atoms with Crippen LogP contribution in [0.2, 0.25) is 0 Å². The lowest BCUT2D eigenvalue weighted by Crippen LogP contribution is -2.35. The maximum Gasteiger partial charge on any atom is 0.345 e. The van der Waals surface area contributed by atoms with Gasteiger partial charge in [0.05, 0.1) is 5.56 Å². The molecule has 1 amide bonds. The summed E-state index contributed by atoms with van der Waals surface area (Å²) < 4.78 is 8.75. The molecule has 3 aromatic rings. The van der Waals surface area contributed by atoms with E-state index in [1.807, 2.05) is 25.1 Å². The van der Waals surface area contributed by atoms with Crippen molar-refractivity contribution in [3.05, 3.63) is 51.9 Å². The molecule has 0 fully saturated rings. The summed E-state index contributed by atoms with van der Waals surface area (Å²) >= 11 is 0. The molecule has 7 heteroatoms. The summed E-state index contributed by atoms with van der Waals surface area (Å²) in [6.45, 7) is 2.44. The molecule has 7 nitrogen and oxygen atoms in total. The van der Waals surface area contributed by atoms with Gasteiger partial charge in [0.2, 0.25) is 0 Å². The smallest absolute Gasteiger partial charge is 0.345 e. The topological polar surface area (TPSA) is 82.1 Å². The van der Waals surface area contributed by atoms with Crippen LogP contribution in [-0.2, 0) is 20.0 Å². The van der Waals surface area contributed by atoms with E-state index in [-0.39, 0.29) is 17.6 Å². The number of hydrogen-bond donors (Lipinski definition) is 1. The molecule has 4 rings (SSSR count). The first-order chi connectivity index (χ1) is 12.0. The van der Waals surface area contributed by atoms with Crippen molar-refractivity contribution in [3.8, 4) is 0 Å². The third kappa shape index (κ3) is 2.75. The number of carbonyl (C=O) groups excluding carboxylic acids is 1. The molecule has 1 N–H and O–H groups in total. The zero-order chi connectivity index (χ0) is 17.6. The molecule has 1 aromatic carbocycles. The SMILES string of the molecule is Cc1cc2cccc(C(=O)NC3CCc4nn(C)c(=O)n4CC3)c2o1. The molecular weight excluding hydrogens is 320 g/mol. The van der Waals surface area contributed by atoms with Crippen molar-refractivity contribution in [2.45, 2.75) is 38.8 Å². The van der Waals surface area contributed by atoms with Gasteiger partial charge >= 0.3 is 5.69 Å². The van der Waals surface area contributed by atoms with E-state index in [9.17, 15) is 9.59 Å². The quantitative estimate of drug-likeness (QED) is 0.771. The lowest BCUT2D eigenvalue weighted by molar-refractivity contribution is 0.0933. The fourth-order valence-corrected chi connectivity index (χ4v) is 3.48. The van der Waals surface area contributed by atoms with Gasteiger partial charge in [0.25, 0.3) is 5.91 Å². The summed E-state index contributed by atoms with van der Waals surface area (Å²) in [5, 5.41) is 8.28. The first-order valence-corrected chi connectivity index (χ1v) is 8.45. The van der Waals surface area contributed by atoms with Crippen molar-refractivity contribution in [1.29, 1.82) is 0 Å². The van der Waals surface area contributed by atoms with Crippen molar-refractivity contribution in [1.82, 2.24) is 19.7 Å². The van der Waals surface area contributed by atoms with Crippen LogP contribution in [0.5, 0.6) is 0 Å². The van der Waals surface area contributed by atoms with Crippen molar-refractivity contribution >= 4 is 16.9 Å². The number of furan rings is 1. The number of fused-ring (bicyclic) bond motifs is 2. The van der Waals surface area contributed by atoms with Crippen LogP contribution in [-0.4, -0.2) is 26.3 Å². The molecular formula is C18H20N4O3. The number of benzene rings is 1. The molecule has 1 unspecified atom stereocenters. The van der Waals surface area contributed by atoms with Crippen LogP contribution in [0.4, 0.5) is 0 Å². The summed E-state index contributed by atoms with van der Waals surface area (Å²) in [5.74, 6) is 1.43. The molecule has 0 spiro atoms. The average Bonchev–Trinajstić information content (AvgIpc) is 3.01.